The van der Waals surface area contributed by atoms with Gasteiger partial charge in [-0.2, -0.15) is 4.31 Å². The molecule has 7 aliphatic rings. The van der Waals surface area contributed by atoms with Gasteiger partial charge in [-0.1, -0.05) is 225 Å². The number of aromatic amines is 5. The standard InChI is InChI=1S/C25H26BrCl2N3S.C25H28FN3O2.C25H24N2O2.C24H19BrCl2N2O2S.C20H18ClFN2O2/c26-16-7-9-22-20(13-16)19-10-11-31(25(32)29-18-4-2-1-3-5-18)23(24(19)30-22)12-15-6-8-17(27)14-21(15)28;1-31-19-10-7-16(8-11-19)24-23-20(21-15-17(26)9-12-22(21)28-23)13-14-29(24)25(30)27-18-5-3-2-4-6-18;1-28-20-11-12-23-22(15-20)21-13-14-26-24(25(21)27-23)18-7-9-19(10-8-18)29-16-17-5-3-2-4-6-17;25-16-7-9-22-20(13-16)19-10-11-29(32(30,31)18-4-2-1-3-5-18)23(24(19)28-22)12-15-6-8-17(26)14-21(15)27;1-2-26-20(25)24-9-8-15-16-11-14(22)6-7-17(16)23-18(15)19(24)12-4-3-5-13(21)10-12/h6-9,13-14,18,23,30H,1-5,10-12H2,(H,29,32);7-12,15,18,24,28H,2-6,13-14H2,1H3,(H,27,30);2-12,15,24,26-27H,13-14,16H2,1H3;1-9,13-14,23,28H,10-12H2;3-7,10-11,19,23H,2,8-9H2,1H3. The lowest BCUT2D eigenvalue weighted by atomic mass is 9.92. The first-order valence-electron chi connectivity index (χ1n) is 51.2. The second-order valence-corrected chi connectivity index (χ2v) is 45.3. The summed E-state index contributed by atoms with van der Waals surface area (Å²) in [5, 5.41) is 19.9. The molecule has 2 aliphatic carbocycles. The number of sulfonamides is 1. The van der Waals surface area contributed by atoms with Gasteiger partial charge in [-0.3, -0.25) is 4.90 Å². The molecule has 0 radical (unpaired) electrons. The van der Waals surface area contributed by atoms with Crippen LogP contribution < -0.4 is 30.2 Å². The Morgan fingerprint density at radius 3 is 1.46 bits per heavy atom. The molecule has 17 aromatic rings. The van der Waals surface area contributed by atoms with Crippen molar-refractivity contribution in [2.75, 3.05) is 53.6 Å². The van der Waals surface area contributed by atoms with Crippen LogP contribution in [0.5, 0.6) is 17.2 Å². The van der Waals surface area contributed by atoms with Crippen LogP contribution in [-0.2, 0) is 66.3 Å². The summed E-state index contributed by atoms with van der Waals surface area (Å²) in [5.74, 6) is 2.04. The Balaban J connectivity index is 0.000000114. The van der Waals surface area contributed by atoms with Crippen molar-refractivity contribution in [3.8, 4) is 17.2 Å². The molecular weight excluding hydrogens is 2160 g/mol. The van der Waals surface area contributed by atoms with Gasteiger partial charge in [0, 0.05) is 162 Å². The van der Waals surface area contributed by atoms with Crippen molar-refractivity contribution >= 4 is 184 Å². The minimum absolute atomic E-state index is 0.0248. The zero-order chi connectivity index (χ0) is 104. The van der Waals surface area contributed by atoms with Gasteiger partial charge in [0.05, 0.1) is 49.9 Å². The van der Waals surface area contributed by atoms with Gasteiger partial charge >= 0.3 is 12.1 Å². The molecule has 24 rings (SSSR count). The quantitative estimate of drug-likeness (QED) is 0.0398. The lowest BCUT2D eigenvalue weighted by Crippen LogP contribution is -2.49. The minimum atomic E-state index is -3.71. The highest BCUT2D eigenvalue weighted by molar-refractivity contribution is 9.10. The number of aromatic nitrogens is 5. The predicted molar refractivity (Wildman–Crippen MR) is 608 cm³/mol. The Labute approximate surface area is 918 Å². The summed E-state index contributed by atoms with van der Waals surface area (Å²) in [6.07, 6.45) is 16.8. The molecular formula is C119H115Br2Cl5F2N12O8S2. The van der Waals surface area contributed by atoms with Gasteiger partial charge in [-0.05, 0) is 315 Å². The Bertz CT molecular complexity index is 7900. The zero-order valence-electron chi connectivity index (χ0n) is 83.1. The van der Waals surface area contributed by atoms with Gasteiger partial charge in [-0.25, -0.2) is 26.8 Å². The van der Waals surface area contributed by atoms with E-state index in [1.807, 2.05) is 114 Å². The average molecular weight is 2280 g/mol. The van der Waals surface area contributed by atoms with E-state index in [1.165, 1.54) is 113 Å². The maximum Gasteiger partial charge on any atom is 0.410 e. The number of carbonyl (C=O) groups excluding carboxylic acids is 2. The number of methoxy groups -OCH3 is 2. The fraction of sp³-hybridized carbons (Fsp3) is 0.286. The van der Waals surface area contributed by atoms with Crippen LogP contribution in [0.3, 0.4) is 0 Å². The van der Waals surface area contributed by atoms with Crippen LogP contribution in [0, 0.1) is 11.6 Å². The molecule has 5 atom stereocenters. The molecule has 2 fully saturated rings. The summed E-state index contributed by atoms with van der Waals surface area (Å²) in [6, 6.07) is 81.9. The summed E-state index contributed by atoms with van der Waals surface area (Å²) in [5.41, 5.74) is 22.6. The highest BCUT2D eigenvalue weighted by Crippen LogP contribution is 2.47. The fourth-order valence-corrected chi connectivity index (χ4v) is 26.4. The minimum Gasteiger partial charge on any atom is -0.497 e. The SMILES string of the molecule is CCOC(=O)N1CCc2c([nH]c3ccc(F)cc23)C1c1cccc(Cl)c1.COc1ccc(C2c3[nH]c4ccc(F)cc4c3CCN2C(=O)NC2CCCCC2)cc1.COc1ccc2[nH]c3c(c2c1)CCNC3c1ccc(OCc2ccccc2)cc1.O=S(=O)(c1ccccc1)N1CCc2c([nH]c3ccc(Br)cc23)C1Cc1ccc(Cl)cc1Cl.S=C(NC1CCCCC1)N1CCc2c([nH]c3ccc(Br)cc23)C1Cc1ccc(Cl)cc1Cl. The normalized spacial score (nSPS) is 17.6. The number of nitrogens with one attached hydrogen (secondary N) is 8. The van der Waals surface area contributed by atoms with Crippen LogP contribution in [0.25, 0.3) is 54.5 Å². The molecule has 0 spiro atoms. The highest BCUT2D eigenvalue weighted by Gasteiger charge is 2.42. The third kappa shape index (κ3) is 23.2. The number of hydrogen-bond donors (Lipinski definition) is 8. The molecule has 0 bridgehead atoms. The number of carbonyl (C=O) groups is 2. The van der Waals surface area contributed by atoms with E-state index >= 15 is 0 Å². The summed E-state index contributed by atoms with van der Waals surface area (Å²) >= 11 is 44.7. The summed E-state index contributed by atoms with van der Waals surface area (Å²) < 4.78 is 80.6. The number of nitrogens with zero attached hydrogens (tertiary/aromatic N) is 4. The summed E-state index contributed by atoms with van der Waals surface area (Å²) in [4.78, 5) is 49.9. The van der Waals surface area contributed by atoms with Crippen molar-refractivity contribution in [3.05, 3.63) is 396 Å². The number of halogens is 9. The number of H-pyrrole nitrogens is 5. The number of fused-ring (bicyclic) bond motifs is 15. The zero-order valence-corrected chi connectivity index (χ0v) is 91.7. The maximum atomic E-state index is 14.0. The van der Waals surface area contributed by atoms with Crippen molar-refractivity contribution in [2.24, 2.45) is 0 Å². The molecule has 12 aromatic carbocycles. The highest BCUT2D eigenvalue weighted by atomic mass is 79.9. The molecule has 20 nitrogen and oxygen atoms in total. The molecule has 150 heavy (non-hydrogen) atoms. The number of amides is 3. The first kappa shape index (κ1) is 105. The van der Waals surface area contributed by atoms with Crippen LogP contribution >= 0.6 is 102 Å². The Morgan fingerprint density at radius 2 is 0.893 bits per heavy atom. The van der Waals surface area contributed by atoms with E-state index in [2.05, 4.69) is 150 Å². The maximum absolute atomic E-state index is 14.0. The predicted octanol–water partition coefficient (Wildman–Crippen LogP) is 29.7. The largest absolute Gasteiger partial charge is 0.497 e. The second-order valence-electron chi connectivity index (χ2n) is 39.1. The molecule has 0 saturated heterocycles. The van der Waals surface area contributed by atoms with Gasteiger partial charge in [0.2, 0.25) is 10.0 Å². The van der Waals surface area contributed by atoms with Crippen molar-refractivity contribution in [1.29, 1.82) is 0 Å². The molecule has 5 aromatic heterocycles. The average Bonchev–Trinajstić information content (AvgIpc) is 1.58. The molecule has 10 heterocycles. The first-order chi connectivity index (χ1) is 72.9. The number of thiocarbonyl (C=S) groups is 1. The Hall–Kier alpha value is -11.9. The van der Waals surface area contributed by atoms with E-state index in [9.17, 15) is 26.8 Å². The smallest absolute Gasteiger partial charge is 0.410 e. The van der Waals surface area contributed by atoms with Crippen molar-refractivity contribution in [1.82, 2.24) is 59.9 Å². The van der Waals surface area contributed by atoms with Gasteiger partial charge in [0.15, 0.2) is 5.11 Å². The van der Waals surface area contributed by atoms with Crippen molar-refractivity contribution in [3.63, 3.8) is 0 Å². The number of hydrogen-bond acceptors (Lipinski definition) is 10. The summed E-state index contributed by atoms with van der Waals surface area (Å²) in [6.45, 7) is 5.98. The molecule has 3 amide bonds. The number of benzene rings is 12. The lowest BCUT2D eigenvalue weighted by Gasteiger charge is -2.39. The topological polar surface area (TPSA) is 233 Å². The third-order valence-corrected chi connectivity index (χ3v) is 34.5. The van der Waals surface area contributed by atoms with E-state index < -0.39 is 16.1 Å². The van der Waals surface area contributed by atoms with E-state index in [4.69, 9.17) is 89.2 Å². The van der Waals surface area contributed by atoms with Crippen molar-refractivity contribution < 1.29 is 45.7 Å². The van der Waals surface area contributed by atoms with E-state index in [0.29, 0.717) is 89.7 Å². The van der Waals surface area contributed by atoms with E-state index in [-0.39, 0.29) is 58.9 Å². The Morgan fingerprint density at radius 1 is 0.433 bits per heavy atom. The molecule has 5 unspecified atom stereocenters. The molecule has 31 heteroatoms. The van der Waals surface area contributed by atoms with E-state index in [1.54, 1.807) is 97.1 Å². The molecule has 8 N–H and O–H groups in total. The van der Waals surface area contributed by atoms with Gasteiger partial charge in [-0.15, -0.1) is 0 Å². The molecule has 2 saturated carbocycles. The fourth-order valence-electron chi connectivity index (χ4n) is 22.5. The molecule has 5 aliphatic heterocycles. The van der Waals surface area contributed by atoms with Crippen LogP contribution in [0.15, 0.2) is 275 Å². The van der Waals surface area contributed by atoms with Gasteiger partial charge in [0.1, 0.15) is 41.5 Å². The lowest BCUT2D eigenvalue weighted by molar-refractivity contribution is 0.0932. The summed E-state index contributed by atoms with van der Waals surface area (Å²) in [7, 11) is -0.349. The second kappa shape index (κ2) is 47.1. The van der Waals surface area contributed by atoms with Gasteiger partial charge in [0.25, 0.3) is 0 Å². The van der Waals surface area contributed by atoms with Crippen LogP contribution in [0.2, 0.25) is 25.1 Å². The monoisotopic (exact) mass is 2270 g/mol. The number of rotatable bonds is 17. The van der Waals surface area contributed by atoms with E-state index in [0.717, 1.165) is 171 Å². The van der Waals surface area contributed by atoms with Crippen LogP contribution in [0.1, 0.15) is 191 Å². The van der Waals surface area contributed by atoms with Gasteiger partial charge < -0.3 is 69.6 Å². The van der Waals surface area contributed by atoms with Crippen LogP contribution in [-0.4, -0.2) is 135 Å². The van der Waals surface area contributed by atoms with Crippen molar-refractivity contribution in [2.45, 2.75) is 170 Å². The third-order valence-electron chi connectivity index (χ3n) is 29.9. The van der Waals surface area contributed by atoms with Crippen LogP contribution in [0.4, 0.5) is 18.4 Å². The number of urea groups is 1. The Kier molecular flexibility index (Phi) is 33.1. The first-order valence-corrected chi connectivity index (χ1v) is 56.5. The number of ether oxygens (including phenoxy) is 4. The molecule has 774 valence electrons.